The SMILES string of the molecule is CCOC(=O)N1CCC(NC(=NCC(C)c2nccs2)NCCc2ccco2)CC1. The largest absolute Gasteiger partial charge is 0.469 e. The van der Waals surface area contributed by atoms with Gasteiger partial charge in [0, 0.05) is 49.6 Å². The summed E-state index contributed by atoms with van der Waals surface area (Å²) in [5.74, 6) is 2.00. The maximum absolute atomic E-state index is 11.9. The Labute approximate surface area is 181 Å². The standard InChI is InChI=1S/C21H31N5O3S/c1-3-28-21(27)26-11-7-17(8-12-26)25-20(23-9-6-18-5-4-13-29-18)24-15-16(2)19-22-10-14-30-19/h4-5,10,13-14,16-17H,3,6-9,11-12,15H2,1-2H3,(H2,23,24,25). The van der Waals surface area contributed by atoms with E-state index in [0.29, 0.717) is 26.2 Å². The molecule has 9 heteroatoms. The van der Waals surface area contributed by atoms with Crippen LogP contribution in [0.2, 0.25) is 0 Å². The number of guanidine groups is 1. The summed E-state index contributed by atoms with van der Waals surface area (Å²) in [6.45, 7) is 7.14. The highest BCUT2D eigenvalue weighted by Crippen LogP contribution is 2.17. The Balaban J connectivity index is 1.53. The molecule has 3 heterocycles. The first-order valence-electron chi connectivity index (χ1n) is 10.5. The van der Waals surface area contributed by atoms with Gasteiger partial charge < -0.3 is 24.7 Å². The van der Waals surface area contributed by atoms with Crippen molar-refractivity contribution in [3.63, 3.8) is 0 Å². The van der Waals surface area contributed by atoms with Crippen LogP contribution in [0.5, 0.6) is 0 Å². The number of furan rings is 1. The van der Waals surface area contributed by atoms with Crippen LogP contribution in [0.15, 0.2) is 39.4 Å². The lowest BCUT2D eigenvalue weighted by molar-refractivity contribution is 0.0963. The number of piperidine rings is 1. The van der Waals surface area contributed by atoms with E-state index in [9.17, 15) is 4.79 Å². The van der Waals surface area contributed by atoms with Gasteiger partial charge in [0.05, 0.1) is 24.4 Å². The third kappa shape index (κ3) is 6.76. The smallest absolute Gasteiger partial charge is 0.409 e. The lowest BCUT2D eigenvalue weighted by atomic mass is 10.1. The molecule has 1 atom stereocenters. The first kappa shape index (κ1) is 22.1. The van der Waals surface area contributed by atoms with E-state index in [4.69, 9.17) is 14.1 Å². The maximum atomic E-state index is 11.9. The zero-order chi connectivity index (χ0) is 21.2. The number of ether oxygens (including phenoxy) is 1. The van der Waals surface area contributed by atoms with Crippen LogP contribution < -0.4 is 10.6 Å². The highest BCUT2D eigenvalue weighted by Gasteiger charge is 2.24. The minimum absolute atomic E-state index is 0.223. The van der Waals surface area contributed by atoms with Crippen molar-refractivity contribution in [1.29, 1.82) is 0 Å². The number of aromatic nitrogens is 1. The molecule has 3 rings (SSSR count). The van der Waals surface area contributed by atoms with Crippen molar-refractivity contribution in [2.45, 2.75) is 45.1 Å². The molecule has 1 saturated heterocycles. The molecule has 1 fully saturated rings. The van der Waals surface area contributed by atoms with Crippen LogP contribution in [0.1, 0.15) is 43.4 Å². The van der Waals surface area contributed by atoms with Gasteiger partial charge in [0.2, 0.25) is 0 Å². The normalized spacial score (nSPS) is 16.3. The molecular weight excluding hydrogens is 402 g/mol. The second kappa shape index (κ2) is 11.6. The van der Waals surface area contributed by atoms with Gasteiger partial charge in [0.1, 0.15) is 5.76 Å². The Morgan fingerprint density at radius 2 is 2.30 bits per heavy atom. The summed E-state index contributed by atoms with van der Waals surface area (Å²) in [5, 5.41) is 10.0. The molecular formula is C21H31N5O3S. The molecule has 2 N–H and O–H groups in total. The van der Waals surface area contributed by atoms with Crippen molar-refractivity contribution < 1.29 is 13.9 Å². The summed E-state index contributed by atoms with van der Waals surface area (Å²) in [6.07, 6.45) is 5.81. The van der Waals surface area contributed by atoms with Crippen LogP contribution in [0, 0.1) is 0 Å². The zero-order valence-corrected chi connectivity index (χ0v) is 18.5. The van der Waals surface area contributed by atoms with Crippen molar-refractivity contribution >= 4 is 23.4 Å². The Bertz CT molecular complexity index is 771. The number of rotatable bonds is 8. The van der Waals surface area contributed by atoms with Gasteiger partial charge in [-0.15, -0.1) is 11.3 Å². The fourth-order valence-corrected chi connectivity index (χ4v) is 4.00. The summed E-state index contributed by atoms with van der Waals surface area (Å²) >= 11 is 1.66. The van der Waals surface area contributed by atoms with Gasteiger partial charge in [-0.05, 0) is 31.9 Å². The Morgan fingerprint density at radius 1 is 1.47 bits per heavy atom. The van der Waals surface area contributed by atoms with Crippen molar-refractivity contribution in [1.82, 2.24) is 20.5 Å². The molecule has 2 aromatic rings. The molecule has 1 amide bonds. The summed E-state index contributed by atoms with van der Waals surface area (Å²) in [5.41, 5.74) is 0. The second-order valence-corrected chi connectivity index (χ2v) is 8.25. The monoisotopic (exact) mass is 433 g/mol. The number of aliphatic imine (C=N–C) groups is 1. The quantitative estimate of drug-likeness (QED) is 0.491. The molecule has 1 aliphatic heterocycles. The molecule has 30 heavy (non-hydrogen) atoms. The van der Waals surface area contributed by atoms with Gasteiger partial charge in [-0.3, -0.25) is 4.99 Å². The van der Waals surface area contributed by atoms with E-state index in [1.54, 1.807) is 22.5 Å². The minimum atomic E-state index is -0.223. The Kier molecular flexibility index (Phi) is 8.55. The number of carbonyl (C=O) groups is 1. The molecule has 2 aromatic heterocycles. The van der Waals surface area contributed by atoms with E-state index in [-0.39, 0.29) is 18.1 Å². The summed E-state index contributed by atoms with van der Waals surface area (Å²) in [4.78, 5) is 22.9. The van der Waals surface area contributed by atoms with E-state index in [1.165, 1.54) is 0 Å². The van der Waals surface area contributed by atoms with E-state index >= 15 is 0 Å². The van der Waals surface area contributed by atoms with Gasteiger partial charge in [-0.2, -0.15) is 0 Å². The average Bonchev–Trinajstić information content (AvgIpc) is 3.46. The van der Waals surface area contributed by atoms with E-state index in [1.807, 2.05) is 30.6 Å². The number of hydrogen-bond acceptors (Lipinski definition) is 6. The van der Waals surface area contributed by atoms with Gasteiger partial charge in [-0.25, -0.2) is 9.78 Å². The average molecular weight is 434 g/mol. The van der Waals surface area contributed by atoms with E-state index < -0.39 is 0 Å². The number of carbonyl (C=O) groups excluding carboxylic acids is 1. The van der Waals surface area contributed by atoms with Crippen molar-refractivity contribution in [2.24, 2.45) is 4.99 Å². The van der Waals surface area contributed by atoms with Crippen molar-refractivity contribution in [3.8, 4) is 0 Å². The maximum Gasteiger partial charge on any atom is 0.409 e. The van der Waals surface area contributed by atoms with Crippen molar-refractivity contribution in [3.05, 3.63) is 40.7 Å². The molecule has 0 aromatic carbocycles. The summed E-state index contributed by atoms with van der Waals surface area (Å²) < 4.78 is 10.5. The molecule has 1 unspecified atom stereocenters. The number of amides is 1. The number of nitrogens with one attached hydrogen (secondary N) is 2. The minimum Gasteiger partial charge on any atom is -0.469 e. The zero-order valence-electron chi connectivity index (χ0n) is 17.7. The Morgan fingerprint density at radius 3 is 2.97 bits per heavy atom. The predicted molar refractivity (Wildman–Crippen MR) is 118 cm³/mol. The molecule has 164 valence electrons. The highest BCUT2D eigenvalue weighted by molar-refractivity contribution is 7.09. The number of likely N-dealkylation sites (tertiary alicyclic amines) is 1. The van der Waals surface area contributed by atoms with Crippen LogP contribution in [-0.4, -0.2) is 60.8 Å². The number of hydrogen-bond donors (Lipinski definition) is 2. The van der Waals surface area contributed by atoms with Crippen LogP contribution in [0.25, 0.3) is 0 Å². The fourth-order valence-electron chi connectivity index (χ4n) is 3.31. The molecule has 0 bridgehead atoms. The van der Waals surface area contributed by atoms with Gasteiger partial charge >= 0.3 is 6.09 Å². The van der Waals surface area contributed by atoms with Crippen LogP contribution >= 0.6 is 11.3 Å². The predicted octanol–water partition coefficient (Wildman–Crippen LogP) is 3.24. The topological polar surface area (TPSA) is 92.0 Å². The van der Waals surface area contributed by atoms with Gasteiger partial charge in [-0.1, -0.05) is 6.92 Å². The third-order valence-corrected chi connectivity index (χ3v) is 6.01. The van der Waals surface area contributed by atoms with Crippen LogP contribution in [-0.2, 0) is 11.2 Å². The fraction of sp³-hybridized carbons (Fsp3) is 0.571. The lowest BCUT2D eigenvalue weighted by Gasteiger charge is -2.32. The highest BCUT2D eigenvalue weighted by atomic mass is 32.1. The third-order valence-electron chi connectivity index (χ3n) is 5.00. The van der Waals surface area contributed by atoms with Crippen LogP contribution in [0.3, 0.4) is 0 Å². The Hall–Kier alpha value is -2.55. The van der Waals surface area contributed by atoms with Crippen LogP contribution in [0.4, 0.5) is 4.79 Å². The molecule has 0 radical (unpaired) electrons. The molecule has 0 saturated carbocycles. The molecule has 8 nitrogen and oxygen atoms in total. The molecule has 0 spiro atoms. The summed E-state index contributed by atoms with van der Waals surface area (Å²) in [6, 6.07) is 4.14. The van der Waals surface area contributed by atoms with E-state index in [2.05, 4.69) is 22.5 Å². The van der Waals surface area contributed by atoms with Gasteiger partial charge in [0.15, 0.2) is 5.96 Å². The van der Waals surface area contributed by atoms with Gasteiger partial charge in [0.25, 0.3) is 0 Å². The number of nitrogens with zero attached hydrogens (tertiary/aromatic N) is 3. The second-order valence-electron chi connectivity index (χ2n) is 7.32. The summed E-state index contributed by atoms with van der Waals surface area (Å²) in [7, 11) is 0. The van der Waals surface area contributed by atoms with Crippen molar-refractivity contribution in [2.75, 3.05) is 32.8 Å². The first-order valence-corrected chi connectivity index (χ1v) is 11.4. The molecule has 0 aliphatic carbocycles. The number of thiazole rings is 1. The molecule has 1 aliphatic rings. The van der Waals surface area contributed by atoms with E-state index in [0.717, 1.165) is 42.5 Å². The lowest BCUT2D eigenvalue weighted by Crippen LogP contribution is -2.50. The first-order chi connectivity index (χ1) is 14.7.